The molecule has 0 aromatic rings. The van der Waals surface area contributed by atoms with Gasteiger partial charge in [-0.1, -0.05) is 416 Å². The molecule has 100 heavy (non-hydrogen) atoms. The molecule has 612 valence electrons. The van der Waals surface area contributed by atoms with Gasteiger partial charge in [-0.15, -0.1) is 0 Å². The zero-order valence-corrected chi connectivity index (χ0v) is 80.2. The average molecular weight is 1410 g/mol. The highest BCUT2D eigenvalue weighted by Crippen LogP contribution is 2.45. The lowest BCUT2D eigenvalue weighted by atomic mass is 9.67. The Labute approximate surface area is 644 Å². The lowest BCUT2D eigenvalue weighted by Crippen LogP contribution is -2.29. The van der Waals surface area contributed by atoms with Gasteiger partial charge in [0.15, 0.2) is 0 Å². The van der Waals surface area contributed by atoms with E-state index in [-0.39, 0.29) is 0 Å². The fraction of sp³-hybridized carbons (Fsp3) is 1.00. The van der Waals surface area contributed by atoms with Crippen LogP contribution in [0.5, 0.6) is 0 Å². The van der Waals surface area contributed by atoms with Gasteiger partial charge in [-0.25, -0.2) is 0 Å². The van der Waals surface area contributed by atoms with E-state index >= 15 is 0 Å². The summed E-state index contributed by atoms with van der Waals surface area (Å²) < 4.78 is 0. The minimum absolute atomic E-state index is 0.500. The molecule has 0 heterocycles. The van der Waals surface area contributed by atoms with Crippen LogP contribution in [0, 0.1) is 207 Å². The van der Waals surface area contributed by atoms with Crippen LogP contribution in [0.2, 0.25) is 0 Å². The molecule has 0 bridgehead atoms. The highest BCUT2D eigenvalue weighted by Gasteiger charge is 2.35. The van der Waals surface area contributed by atoms with Gasteiger partial charge in [-0.05, 0) is 232 Å². The van der Waals surface area contributed by atoms with Crippen LogP contribution in [0.25, 0.3) is 0 Å². The Bertz CT molecular complexity index is 1560. The summed E-state index contributed by atoms with van der Waals surface area (Å²) in [6.45, 7) is 112. The molecular weight excluding hydrogens is 1200 g/mol. The van der Waals surface area contributed by atoms with Crippen molar-refractivity contribution in [3.8, 4) is 0 Å². The summed E-state index contributed by atoms with van der Waals surface area (Å²) in [7, 11) is 0. The highest BCUT2D eigenvalue weighted by molar-refractivity contribution is 4.86. The molecular formula is C100H212. The Morgan fingerprint density at radius 3 is 0.500 bits per heavy atom. The Morgan fingerprint density at radius 1 is 0.220 bits per heavy atom. The Morgan fingerprint density at radius 2 is 0.430 bits per heavy atom. The maximum absolute atomic E-state index is 2.40. The van der Waals surface area contributed by atoms with Crippen LogP contribution in [-0.4, -0.2) is 0 Å². The molecule has 4 aliphatic carbocycles. The maximum atomic E-state index is 2.40. The third kappa shape index (κ3) is 54.6. The van der Waals surface area contributed by atoms with Gasteiger partial charge in [0, 0.05) is 0 Å². The second-order valence-electron chi connectivity index (χ2n) is 42.9. The van der Waals surface area contributed by atoms with Crippen molar-refractivity contribution in [2.45, 2.75) is 441 Å². The van der Waals surface area contributed by atoms with Gasteiger partial charge in [-0.3, -0.25) is 0 Å². The van der Waals surface area contributed by atoms with Crippen molar-refractivity contribution < 1.29 is 0 Å². The number of hydrogen-bond acceptors (Lipinski definition) is 0. The molecule has 0 N–H and O–H groups in total. The Kier molecular flexibility index (Phi) is 67.5. The summed E-state index contributed by atoms with van der Waals surface area (Å²) in [5.74, 6) is 30.6. The van der Waals surface area contributed by atoms with Gasteiger partial charge >= 0.3 is 0 Å². The fourth-order valence-electron chi connectivity index (χ4n) is 19.9. The first-order valence-corrected chi connectivity index (χ1v) is 45.6. The van der Waals surface area contributed by atoms with Gasteiger partial charge < -0.3 is 0 Å². The van der Waals surface area contributed by atoms with E-state index in [0.717, 1.165) is 201 Å². The van der Waals surface area contributed by atoms with E-state index < -0.39 is 0 Å². The molecule has 0 aliphatic heterocycles. The van der Waals surface area contributed by atoms with Crippen molar-refractivity contribution in [2.75, 3.05) is 0 Å². The van der Waals surface area contributed by atoms with Crippen LogP contribution < -0.4 is 0 Å². The molecule has 0 spiro atoms. The van der Waals surface area contributed by atoms with E-state index in [9.17, 15) is 0 Å². The van der Waals surface area contributed by atoms with Crippen LogP contribution in [0.3, 0.4) is 0 Å². The minimum Gasteiger partial charge on any atom is -0.0651 e. The molecule has 0 radical (unpaired) electrons. The third-order valence-corrected chi connectivity index (χ3v) is 26.1. The molecule has 0 heteroatoms. The van der Waals surface area contributed by atoms with Crippen molar-refractivity contribution in [3.05, 3.63) is 0 Å². The monoisotopic (exact) mass is 1410 g/mol. The van der Waals surface area contributed by atoms with Gasteiger partial charge in [0.05, 0.1) is 0 Å². The quantitative estimate of drug-likeness (QED) is 0.0732. The molecule has 0 amide bonds. The van der Waals surface area contributed by atoms with E-state index in [1.807, 2.05) is 0 Å². The lowest BCUT2D eigenvalue weighted by molar-refractivity contribution is 0.115. The SMILES string of the molecule is CC(C)C(C(C)C)C(C)C.CC(C)C(C(C)C)C1CC1.CC(C)C(C(C)C)C1CCC1.CC(C)C(C(C)C)C1CCCC1.CC(C)C(C(C)C)C1CCCCC1.CC(C)C(C)(C)C(C)C.CC(C)C(C)C(C)C.CC(C)CC(C(C)C)C(C)C.CC(C)CC(C)C.CCC(C(C)C)C(C)C. The van der Waals surface area contributed by atoms with Crippen LogP contribution >= 0.6 is 0 Å². The van der Waals surface area contributed by atoms with Crippen molar-refractivity contribution in [1.29, 1.82) is 0 Å². The molecule has 4 rings (SSSR count). The predicted octanol–water partition coefficient (Wildman–Crippen LogP) is 35.4. The maximum Gasteiger partial charge on any atom is -0.0308 e. The zero-order valence-electron chi connectivity index (χ0n) is 80.2. The Balaban J connectivity index is -0.000000247. The standard InChI is InChI=1S/C13H26.C12H24.C11H22.C11H24.C10H20.C10H22.2C9H20.C8H18.C7H16/c1-10(2)13(11(3)4)12-8-6-5-7-9-12;1-9(2)12(10(3)4)11-7-5-6-8-11;1-8(2)11(9(3)4)10-6-5-7-10;1-8(2)7-11(9(3)4)10(5)6;1-7(2)10(8(3)4)9-5-6-9;1-7(2)10(8(3)4)9(5)6;1-7(2)9(5,6)8(3)4;1-6-9(7(2)3)8(4)5;1-6(2)8(5)7(3)4;1-6(2)5-7(3)4/h10-13H,5-9H2,1-4H3;9-12H,5-8H2,1-4H3;8-11H,5-7H2,1-4H3;8-11H,7H2,1-6H3;7-10H,5-6H2,1-4H3;7-10H,1-6H3;7-8H,1-6H3;7-9H,6H2,1-5H3;6-8H,1-5H3;6-7H,5H2,1-4H3. The number of rotatable bonds is 28. The van der Waals surface area contributed by atoms with Crippen LogP contribution in [0.15, 0.2) is 0 Å². The molecule has 0 aromatic heterocycles. The van der Waals surface area contributed by atoms with Crippen LogP contribution in [0.1, 0.15) is 441 Å². The van der Waals surface area contributed by atoms with Crippen molar-refractivity contribution in [3.63, 3.8) is 0 Å². The van der Waals surface area contributed by atoms with Crippen molar-refractivity contribution in [2.24, 2.45) is 207 Å². The molecule has 0 saturated heterocycles. The van der Waals surface area contributed by atoms with Crippen LogP contribution in [-0.2, 0) is 0 Å². The van der Waals surface area contributed by atoms with Crippen molar-refractivity contribution in [1.82, 2.24) is 0 Å². The summed E-state index contributed by atoms with van der Waals surface area (Å²) >= 11 is 0. The summed E-state index contributed by atoms with van der Waals surface area (Å²) in [4.78, 5) is 0. The highest BCUT2D eigenvalue weighted by atomic mass is 14.4. The normalized spacial score (nSPS) is 15.9. The van der Waals surface area contributed by atoms with Gasteiger partial charge in [0.2, 0.25) is 0 Å². The van der Waals surface area contributed by atoms with Crippen molar-refractivity contribution >= 4 is 0 Å². The molecule has 0 aromatic carbocycles. The van der Waals surface area contributed by atoms with E-state index in [1.54, 1.807) is 0 Å². The second-order valence-corrected chi connectivity index (χ2v) is 42.9. The summed E-state index contributed by atoms with van der Waals surface area (Å²) in [5.41, 5.74) is 0.500. The number of hydrogen-bond donors (Lipinski definition) is 0. The first kappa shape index (κ1) is 111. The van der Waals surface area contributed by atoms with Gasteiger partial charge in [-0.2, -0.15) is 0 Å². The third-order valence-electron chi connectivity index (χ3n) is 26.1. The average Bonchev–Trinajstić information content (AvgIpc) is 1.57. The Hall–Kier alpha value is 0. The van der Waals surface area contributed by atoms with E-state index in [4.69, 9.17) is 0 Å². The predicted molar refractivity (Wildman–Crippen MR) is 472 cm³/mol. The lowest BCUT2D eigenvalue weighted by Gasteiger charge is -2.39. The minimum atomic E-state index is 0.500. The van der Waals surface area contributed by atoms with Gasteiger partial charge in [0.25, 0.3) is 0 Å². The van der Waals surface area contributed by atoms with Gasteiger partial charge in [0.1, 0.15) is 0 Å². The first-order valence-electron chi connectivity index (χ1n) is 45.6. The molecule has 4 aliphatic rings. The largest absolute Gasteiger partial charge is 0.0651 e. The molecule has 4 saturated carbocycles. The van der Waals surface area contributed by atoms with E-state index in [2.05, 4.69) is 332 Å². The summed E-state index contributed by atoms with van der Waals surface area (Å²) in [5, 5.41) is 0. The fourth-order valence-corrected chi connectivity index (χ4v) is 19.9. The molecule has 0 nitrogen and oxygen atoms in total. The van der Waals surface area contributed by atoms with E-state index in [0.29, 0.717) is 5.41 Å². The first-order chi connectivity index (χ1) is 45.6. The summed E-state index contributed by atoms with van der Waals surface area (Å²) in [6.07, 6.45) is 25.0. The second kappa shape index (κ2) is 60.9. The smallest absolute Gasteiger partial charge is 0.0308 e. The van der Waals surface area contributed by atoms with Crippen LogP contribution in [0.4, 0.5) is 0 Å². The molecule has 4 fully saturated rings. The topological polar surface area (TPSA) is 0 Å². The summed E-state index contributed by atoms with van der Waals surface area (Å²) in [6, 6.07) is 0. The molecule has 0 atom stereocenters. The molecule has 0 unspecified atom stereocenters. The van der Waals surface area contributed by atoms with E-state index in [1.165, 1.54) is 109 Å². The zero-order chi connectivity index (χ0) is 80.2.